The number of aryl methyl sites for hydroxylation is 1. The Balaban J connectivity index is 1.97. The molecule has 18 heavy (non-hydrogen) atoms. The summed E-state index contributed by atoms with van der Waals surface area (Å²) >= 11 is 0. The lowest BCUT2D eigenvalue weighted by Crippen LogP contribution is -2.32. The number of nitro groups is 1. The number of pyridine rings is 1. The number of carbonyl (C=O) groups excluding carboxylic acids is 1. The molecule has 2 heterocycles. The van der Waals surface area contributed by atoms with E-state index in [1.807, 2.05) is 0 Å². The van der Waals surface area contributed by atoms with Crippen LogP contribution in [0.15, 0.2) is 12.3 Å². The number of nitrogens with zero attached hydrogens (tertiary/aromatic N) is 2. The molecule has 1 saturated heterocycles. The van der Waals surface area contributed by atoms with Crippen molar-refractivity contribution in [2.75, 3.05) is 11.9 Å². The standard InChI is InChI=1S/C11H14N4O3/c1-7-4-9(15(17)18)6-13-11(7)12-5-8-2-3-10(16)14-8/h4,6,8H,2-3,5H2,1H3,(H,12,13)(H,14,16). The molecule has 1 atom stereocenters. The normalized spacial score (nSPS) is 18.5. The molecule has 1 aliphatic rings. The van der Waals surface area contributed by atoms with Gasteiger partial charge >= 0.3 is 0 Å². The molecular formula is C11H14N4O3. The molecule has 1 fully saturated rings. The van der Waals surface area contributed by atoms with Crippen LogP contribution in [-0.4, -0.2) is 28.4 Å². The quantitative estimate of drug-likeness (QED) is 0.613. The Kier molecular flexibility index (Phi) is 3.40. The highest BCUT2D eigenvalue weighted by Gasteiger charge is 2.20. The summed E-state index contributed by atoms with van der Waals surface area (Å²) in [7, 11) is 0. The molecule has 96 valence electrons. The van der Waals surface area contributed by atoms with Crippen molar-refractivity contribution < 1.29 is 9.72 Å². The first kappa shape index (κ1) is 12.3. The second-order valence-electron chi connectivity index (χ2n) is 4.30. The van der Waals surface area contributed by atoms with Crippen LogP contribution in [0.1, 0.15) is 18.4 Å². The minimum absolute atomic E-state index is 0.0211. The van der Waals surface area contributed by atoms with Crippen molar-refractivity contribution >= 4 is 17.4 Å². The highest BCUT2D eigenvalue weighted by Crippen LogP contribution is 2.18. The van der Waals surface area contributed by atoms with Crippen LogP contribution in [0.3, 0.4) is 0 Å². The molecular weight excluding hydrogens is 236 g/mol. The summed E-state index contributed by atoms with van der Waals surface area (Å²) in [6.07, 6.45) is 2.58. The van der Waals surface area contributed by atoms with E-state index in [0.29, 0.717) is 24.3 Å². The van der Waals surface area contributed by atoms with Gasteiger partial charge in [-0.3, -0.25) is 14.9 Å². The number of amides is 1. The van der Waals surface area contributed by atoms with Crippen molar-refractivity contribution in [2.24, 2.45) is 0 Å². The number of rotatable bonds is 4. The zero-order chi connectivity index (χ0) is 13.1. The molecule has 0 aliphatic carbocycles. The lowest BCUT2D eigenvalue weighted by Gasteiger charge is -2.13. The largest absolute Gasteiger partial charge is 0.368 e. The van der Waals surface area contributed by atoms with Crippen LogP contribution in [0.25, 0.3) is 0 Å². The van der Waals surface area contributed by atoms with Gasteiger partial charge in [-0.25, -0.2) is 4.98 Å². The van der Waals surface area contributed by atoms with E-state index < -0.39 is 4.92 Å². The molecule has 1 aromatic rings. The highest BCUT2D eigenvalue weighted by molar-refractivity contribution is 5.78. The molecule has 1 aromatic heterocycles. The average molecular weight is 250 g/mol. The first-order valence-electron chi connectivity index (χ1n) is 5.70. The highest BCUT2D eigenvalue weighted by atomic mass is 16.6. The fourth-order valence-electron chi connectivity index (χ4n) is 1.90. The molecule has 0 saturated carbocycles. The molecule has 1 aliphatic heterocycles. The smallest absolute Gasteiger partial charge is 0.287 e. The summed E-state index contributed by atoms with van der Waals surface area (Å²) in [6.45, 7) is 2.34. The van der Waals surface area contributed by atoms with E-state index in [0.717, 1.165) is 6.42 Å². The van der Waals surface area contributed by atoms with E-state index >= 15 is 0 Å². The molecule has 1 unspecified atom stereocenters. The SMILES string of the molecule is Cc1cc([N+](=O)[O-])cnc1NCC1CCC(=O)N1. The van der Waals surface area contributed by atoms with Crippen LogP contribution < -0.4 is 10.6 Å². The number of carbonyl (C=O) groups is 1. The minimum atomic E-state index is -0.471. The molecule has 0 spiro atoms. The maximum atomic E-state index is 11.0. The van der Waals surface area contributed by atoms with Crippen molar-refractivity contribution in [3.05, 3.63) is 27.9 Å². The predicted octanol–water partition coefficient (Wildman–Crippen LogP) is 0.989. The van der Waals surface area contributed by atoms with E-state index in [1.54, 1.807) is 6.92 Å². The zero-order valence-electron chi connectivity index (χ0n) is 9.97. The van der Waals surface area contributed by atoms with Gasteiger partial charge in [0.15, 0.2) is 0 Å². The Hall–Kier alpha value is -2.18. The first-order chi connectivity index (χ1) is 8.56. The maximum absolute atomic E-state index is 11.0. The third-order valence-electron chi connectivity index (χ3n) is 2.88. The molecule has 0 aromatic carbocycles. The minimum Gasteiger partial charge on any atom is -0.368 e. The molecule has 7 heteroatoms. The molecule has 7 nitrogen and oxygen atoms in total. The topological polar surface area (TPSA) is 97.2 Å². The van der Waals surface area contributed by atoms with E-state index in [2.05, 4.69) is 15.6 Å². The van der Waals surface area contributed by atoms with Gasteiger partial charge in [0, 0.05) is 25.1 Å². The number of anilines is 1. The van der Waals surface area contributed by atoms with E-state index in [1.165, 1.54) is 12.3 Å². The third-order valence-corrected chi connectivity index (χ3v) is 2.88. The predicted molar refractivity (Wildman–Crippen MR) is 65.3 cm³/mol. The summed E-state index contributed by atoms with van der Waals surface area (Å²) in [6, 6.07) is 1.58. The van der Waals surface area contributed by atoms with Gasteiger partial charge in [0.05, 0.1) is 4.92 Å². The van der Waals surface area contributed by atoms with Gasteiger partial charge in [0.2, 0.25) is 5.91 Å². The first-order valence-corrected chi connectivity index (χ1v) is 5.70. The maximum Gasteiger partial charge on any atom is 0.287 e. The molecule has 1 amide bonds. The monoisotopic (exact) mass is 250 g/mol. The summed E-state index contributed by atoms with van der Waals surface area (Å²) in [4.78, 5) is 25.1. The van der Waals surface area contributed by atoms with E-state index in [-0.39, 0.29) is 17.6 Å². The number of nitrogens with one attached hydrogen (secondary N) is 2. The number of hydrogen-bond donors (Lipinski definition) is 2. The van der Waals surface area contributed by atoms with Crippen LogP contribution in [-0.2, 0) is 4.79 Å². The van der Waals surface area contributed by atoms with E-state index in [9.17, 15) is 14.9 Å². The number of aromatic nitrogens is 1. The lowest BCUT2D eigenvalue weighted by atomic mass is 10.2. The van der Waals surface area contributed by atoms with Crippen molar-refractivity contribution in [3.8, 4) is 0 Å². The Labute approximate surface area is 104 Å². The van der Waals surface area contributed by atoms with Gasteiger partial charge in [-0.2, -0.15) is 0 Å². The van der Waals surface area contributed by atoms with Gasteiger partial charge in [0.1, 0.15) is 12.0 Å². The fourth-order valence-corrected chi connectivity index (χ4v) is 1.90. The number of hydrogen-bond acceptors (Lipinski definition) is 5. The van der Waals surface area contributed by atoms with Gasteiger partial charge in [-0.1, -0.05) is 0 Å². The van der Waals surface area contributed by atoms with Crippen molar-refractivity contribution in [1.29, 1.82) is 0 Å². The summed E-state index contributed by atoms with van der Waals surface area (Å²) in [5, 5.41) is 16.5. The third kappa shape index (κ3) is 2.73. The Morgan fingerprint density at radius 1 is 1.67 bits per heavy atom. The molecule has 2 N–H and O–H groups in total. The van der Waals surface area contributed by atoms with Gasteiger partial charge in [-0.15, -0.1) is 0 Å². The van der Waals surface area contributed by atoms with Crippen molar-refractivity contribution in [3.63, 3.8) is 0 Å². The van der Waals surface area contributed by atoms with Gasteiger partial charge < -0.3 is 10.6 Å². The van der Waals surface area contributed by atoms with Crippen LogP contribution in [0, 0.1) is 17.0 Å². The lowest BCUT2D eigenvalue weighted by molar-refractivity contribution is -0.385. The van der Waals surface area contributed by atoms with Crippen LogP contribution in [0.5, 0.6) is 0 Å². The Morgan fingerprint density at radius 3 is 3.00 bits per heavy atom. The van der Waals surface area contributed by atoms with Crippen molar-refractivity contribution in [2.45, 2.75) is 25.8 Å². The summed E-state index contributed by atoms with van der Waals surface area (Å²) < 4.78 is 0. The van der Waals surface area contributed by atoms with Crippen molar-refractivity contribution in [1.82, 2.24) is 10.3 Å². The van der Waals surface area contributed by atoms with Gasteiger partial charge in [0.25, 0.3) is 5.69 Å². The fraction of sp³-hybridized carbons (Fsp3) is 0.455. The average Bonchev–Trinajstić information content (AvgIpc) is 2.73. The van der Waals surface area contributed by atoms with Crippen LogP contribution in [0.4, 0.5) is 11.5 Å². The van der Waals surface area contributed by atoms with Gasteiger partial charge in [-0.05, 0) is 18.9 Å². The Morgan fingerprint density at radius 2 is 2.44 bits per heavy atom. The molecule has 0 radical (unpaired) electrons. The second kappa shape index (κ2) is 4.99. The molecule has 0 bridgehead atoms. The van der Waals surface area contributed by atoms with Crippen LogP contribution >= 0.6 is 0 Å². The molecule has 2 rings (SSSR count). The summed E-state index contributed by atoms with van der Waals surface area (Å²) in [5.74, 6) is 0.678. The zero-order valence-corrected chi connectivity index (χ0v) is 9.97. The summed E-state index contributed by atoms with van der Waals surface area (Å²) in [5.41, 5.74) is 0.695. The van der Waals surface area contributed by atoms with E-state index in [4.69, 9.17) is 0 Å². The van der Waals surface area contributed by atoms with Crippen LogP contribution in [0.2, 0.25) is 0 Å². The second-order valence-corrected chi connectivity index (χ2v) is 4.30. The Bertz CT molecular complexity index is 489.